The van der Waals surface area contributed by atoms with Crippen molar-refractivity contribution in [3.8, 4) is 17.6 Å². The lowest BCUT2D eigenvalue weighted by molar-refractivity contribution is -0.142. The van der Waals surface area contributed by atoms with Gasteiger partial charge < -0.3 is 14.6 Å². The van der Waals surface area contributed by atoms with Crippen LogP contribution in [0.25, 0.3) is 0 Å². The Morgan fingerprint density at radius 1 is 1.50 bits per heavy atom. The lowest BCUT2D eigenvalue weighted by Gasteiger charge is -2.10. The fraction of sp³-hybridized carbons (Fsp3) is 0.273. The molecule has 84 valence electrons. The van der Waals surface area contributed by atoms with E-state index in [4.69, 9.17) is 19.8 Å². The van der Waals surface area contributed by atoms with Crippen molar-refractivity contribution >= 4 is 5.97 Å². The van der Waals surface area contributed by atoms with Crippen LogP contribution in [0.2, 0.25) is 0 Å². The van der Waals surface area contributed by atoms with Crippen LogP contribution in [-0.2, 0) is 4.79 Å². The zero-order valence-electron chi connectivity index (χ0n) is 8.93. The zero-order valence-corrected chi connectivity index (χ0v) is 8.93. The summed E-state index contributed by atoms with van der Waals surface area (Å²) in [5.41, 5.74) is 0.397. The molecular formula is C11H11NO4. The first-order valence-corrected chi connectivity index (χ1v) is 4.56. The van der Waals surface area contributed by atoms with Gasteiger partial charge in [0.05, 0.1) is 18.7 Å². The van der Waals surface area contributed by atoms with Crippen molar-refractivity contribution in [2.45, 2.75) is 13.0 Å². The van der Waals surface area contributed by atoms with Gasteiger partial charge in [0.25, 0.3) is 0 Å². The molecule has 5 heteroatoms. The Morgan fingerprint density at radius 3 is 2.69 bits per heavy atom. The third-order valence-electron chi connectivity index (χ3n) is 1.84. The molecule has 1 N–H and O–H groups in total. The van der Waals surface area contributed by atoms with E-state index in [0.717, 1.165) is 0 Å². The Kier molecular flexibility index (Phi) is 3.86. The quantitative estimate of drug-likeness (QED) is 0.604. The van der Waals surface area contributed by atoms with Gasteiger partial charge in [-0.2, -0.15) is 5.26 Å². The molecular weight excluding hydrogens is 210 g/mol. The minimum atomic E-state index is -1.21. The van der Waals surface area contributed by atoms with Crippen LogP contribution in [-0.4, -0.2) is 24.3 Å². The molecule has 16 heavy (non-hydrogen) atoms. The van der Waals surface area contributed by atoms with Crippen LogP contribution in [0.3, 0.4) is 0 Å². The maximum Gasteiger partial charge on any atom is 0.340 e. The largest absolute Gasteiger partial charge is 0.493 e. The van der Waals surface area contributed by atoms with E-state index in [9.17, 15) is 4.79 Å². The zero-order chi connectivity index (χ0) is 12.1. The summed E-state index contributed by atoms with van der Waals surface area (Å²) >= 11 is 0. The van der Waals surface area contributed by atoms with Crippen LogP contribution in [0.4, 0.5) is 0 Å². The van der Waals surface area contributed by atoms with E-state index in [2.05, 4.69) is 0 Å². The molecule has 0 spiro atoms. The van der Waals surface area contributed by atoms with Gasteiger partial charge in [-0.25, -0.2) is 4.79 Å². The lowest BCUT2D eigenvalue weighted by Crippen LogP contribution is -2.22. The van der Waals surface area contributed by atoms with Crippen molar-refractivity contribution in [3.05, 3.63) is 23.8 Å². The Hall–Kier alpha value is -2.06. The normalized spacial score (nSPS) is 11.4. The molecule has 5 nitrogen and oxygen atoms in total. The topological polar surface area (TPSA) is 79.5 Å². The van der Waals surface area contributed by atoms with Gasteiger partial charge in [0.15, 0.2) is 11.5 Å². The van der Waals surface area contributed by atoms with Gasteiger partial charge in [-0.15, -0.1) is 0 Å². The fourth-order valence-corrected chi connectivity index (χ4v) is 1.02. The monoisotopic (exact) mass is 221 g/mol. The van der Waals surface area contributed by atoms with E-state index in [0.29, 0.717) is 5.56 Å². The molecule has 1 unspecified atom stereocenters. The Balaban J connectivity index is 2.97. The summed E-state index contributed by atoms with van der Waals surface area (Å²) in [5.74, 6) is -0.330. The molecule has 0 aromatic heterocycles. The molecule has 0 amide bonds. The summed E-state index contributed by atoms with van der Waals surface area (Å²) in [6, 6.07) is 6.32. The number of aliphatic hydroxyl groups is 1. The van der Waals surface area contributed by atoms with Gasteiger partial charge >= 0.3 is 5.97 Å². The summed E-state index contributed by atoms with van der Waals surface area (Å²) in [6.07, 6.45) is -1.21. The number of hydrogen-bond acceptors (Lipinski definition) is 5. The number of ether oxygens (including phenoxy) is 2. The molecule has 0 aliphatic heterocycles. The van der Waals surface area contributed by atoms with Crippen LogP contribution in [0.15, 0.2) is 18.2 Å². The number of nitrogens with zero attached hydrogens (tertiary/aromatic N) is 1. The second-order valence-electron chi connectivity index (χ2n) is 3.07. The smallest absolute Gasteiger partial charge is 0.340 e. The first-order valence-electron chi connectivity index (χ1n) is 4.56. The van der Waals surface area contributed by atoms with Gasteiger partial charge in [-0.05, 0) is 19.1 Å². The number of rotatable bonds is 3. The Morgan fingerprint density at radius 2 is 2.19 bits per heavy atom. The van der Waals surface area contributed by atoms with E-state index in [1.165, 1.54) is 32.2 Å². The molecule has 1 atom stereocenters. The van der Waals surface area contributed by atoms with E-state index in [1.54, 1.807) is 0 Å². The highest BCUT2D eigenvalue weighted by atomic mass is 16.6. The molecule has 1 aromatic rings. The maximum absolute atomic E-state index is 11.1. The summed E-state index contributed by atoms with van der Waals surface area (Å²) in [6.45, 7) is 1.30. The standard InChI is InChI=1S/C11H11NO4/c1-7(13)11(14)16-9-4-3-8(6-12)5-10(9)15-2/h3-5,7,13H,1-2H3. The molecule has 0 saturated heterocycles. The van der Waals surface area contributed by atoms with Crippen molar-refractivity contribution < 1.29 is 19.4 Å². The second kappa shape index (κ2) is 5.14. The summed E-state index contributed by atoms with van der Waals surface area (Å²) in [4.78, 5) is 11.1. The van der Waals surface area contributed by atoms with Crippen LogP contribution < -0.4 is 9.47 Å². The van der Waals surface area contributed by atoms with Crippen molar-refractivity contribution in [2.75, 3.05) is 7.11 Å². The molecule has 1 rings (SSSR count). The highest BCUT2D eigenvalue weighted by molar-refractivity contribution is 5.77. The van der Waals surface area contributed by atoms with Crippen LogP contribution in [0, 0.1) is 11.3 Å². The first kappa shape index (κ1) is 12.0. The predicted octanol–water partition coefficient (Wildman–Crippen LogP) is 0.853. The SMILES string of the molecule is COc1cc(C#N)ccc1OC(=O)C(C)O. The average Bonchev–Trinajstić information content (AvgIpc) is 2.29. The van der Waals surface area contributed by atoms with Gasteiger partial charge in [0, 0.05) is 6.07 Å². The number of nitriles is 1. The molecule has 0 aliphatic carbocycles. The van der Waals surface area contributed by atoms with Crippen molar-refractivity contribution in [2.24, 2.45) is 0 Å². The summed E-state index contributed by atoms with van der Waals surface area (Å²) in [5, 5.41) is 17.6. The highest BCUT2D eigenvalue weighted by Crippen LogP contribution is 2.28. The Bertz CT molecular complexity index is 434. The minimum Gasteiger partial charge on any atom is -0.493 e. The van der Waals surface area contributed by atoms with Gasteiger partial charge in [-0.3, -0.25) is 0 Å². The van der Waals surface area contributed by atoms with Crippen molar-refractivity contribution in [1.29, 1.82) is 5.26 Å². The molecule has 0 heterocycles. The predicted molar refractivity (Wildman–Crippen MR) is 55.0 cm³/mol. The fourth-order valence-electron chi connectivity index (χ4n) is 1.02. The highest BCUT2D eigenvalue weighted by Gasteiger charge is 2.14. The second-order valence-corrected chi connectivity index (χ2v) is 3.07. The van der Waals surface area contributed by atoms with Gasteiger partial charge in [0.2, 0.25) is 0 Å². The number of methoxy groups -OCH3 is 1. The molecule has 0 aliphatic rings. The number of hydrogen-bond donors (Lipinski definition) is 1. The maximum atomic E-state index is 11.1. The summed E-state index contributed by atoms with van der Waals surface area (Å²) in [7, 11) is 1.40. The third kappa shape index (κ3) is 2.72. The third-order valence-corrected chi connectivity index (χ3v) is 1.84. The van der Waals surface area contributed by atoms with Crippen LogP contribution >= 0.6 is 0 Å². The number of esters is 1. The average molecular weight is 221 g/mol. The molecule has 0 saturated carbocycles. The van der Waals surface area contributed by atoms with Crippen LogP contribution in [0.5, 0.6) is 11.5 Å². The molecule has 0 bridgehead atoms. The van der Waals surface area contributed by atoms with Crippen molar-refractivity contribution in [3.63, 3.8) is 0 Å². The molecule has 0 radical (unpaired) electrons. The number of carbonyl (C=O) groups is 1. The number of carbonyl (C=O) groups excluding carboxylic acids is 1. The Labute approximate surface area is 92.8 Å². The van der Waals surface area contributed by atoms with E-state index in [1.807, 2.05) is 6.07 Å². The van der Waals surface area contributed by atoms with Crippen molar-refractivity contribution in [1.82, 2.24) is 0 Å². The van der Waals surface area contributed by atoms with Gasteiger partial charge in [-0.1, -0.05) is 0 Å². The molecule has 0 fully saturated rings. The van der Waals surface area contributed by atoms with E-state index < -0.39 is 12.1 Å². The lowest BCUT2D eigenvalue weighted by atomic mass is 10.2. The molecule has 1 aromatic carbocycles. The minimum absolute atomic E-state index is 0.174. The van der Waals surface area contributed by atoms with Gasteiger partial charge in [0.1, 0.15) is 6.10 Å². The van der Waals surface area contributed by atoms with Crippen LogP contribution in [0.1, 0.15) is 12.5 Å². The first-order chi connectivity index (χ1) is 7.58. The van der Waals surface area contributed by atoms with E-state index >= 15 is 0 Å². The number of aliphatic hydroxyl groups excluding tert-OH is 1. The number of benzene rings is 1. The summed E-state index contributed by atoms with van der Waals surface area (Å²) < 4.78 is 9.83. The van der Waals surface area contributed by atoms with E-state index in [-0.39, 0.29) is 11.5 Å².